The zero-order valence-corrected chi connectivity index (χ0v) is 11.7. The summed E-state index contributed by atoms with van der Waals surface area (Å²) in [6.07, 6.45) is 2.68. The van der Waals surface area contributed by atoms with Crippen LogP contribution in [0.2, 0.25) is 0 Å². The van der Waals surface area contributed by atoms with Crippen LogP contribution in [0, 0.1) is 0 Å². The van der Waals surface area contributed by atoms with Crippen LogP contribution in [-0.4, -0.2) is 23.1 Å². The zero-order valence-electron chi connectivity index (χ0n) is 11.7. The molecule has 1 aromatic carbocycles. The molecule has 0 saturated carbocycles. The minimum Gasteiger partial charge on any atom is -0.497 e. The van der Waals surface area contributed by atoms with Gasteiger partial charge in [0.25, 0.3) is 0 Å². The number of imidazole rings is 1. The fraction of sp³-hybridized carbons (Fsp3) is 0.400. The number of H-pyrrole nitrogens is 1. The van der Waals surface area contributed by atoms with Crippen molar-refractivity contribution in [2.24, 2.45) is 0 Å². The van der Waals surface area contributed by atoms with Gasteiger partial charge in [0.1, 0.15) is 11.6 Å². The van der Waals surface area contributed by atoms with Gasteiger partial charge >= 0.3 is 0 Å². The third-order valence-corrected chi connectivity index (χ3v) is 2.89. The van der Waals surface area contributed by atoms with Crippen LogP contribution in [0.5, 0.6) is 5.75 Å². The van der Waals surface area contributed by atoms with Crippen molar-refractivity contribution in [3.05, 3.63) is 47.5 Å². The topological polar surface area (TPSA) is 49.9 Å². The minimum atomic E-state index is 0.477. The maximum absolute atomic E-state index is 5.22. The Bertz CT molecular complexity index is 520. The molecule has 0 aliphatic carbocycles. The Labute approximate surface area is 114 Å². The van der Waals surface area contributed by atoms with Gasteiger partial charge in [-0.05, 0) is 17.7 Å². The standard InChI is InChI=1S/C15H21N3O/c1-11(2)16-9-13-10-17-15(18-13)8-12-5-4-6-14(7-12)19-3/h4-7,10-11,16H,8-9H2,1-3H3,(H,17,18). The lowest BCUT2D eigenvalue weighted by atomic mass is 10.1. The Hall–Kier alpha value is -1.81. The summed E-state index contributed by atoms with van der Waals surface area (Å²) in [5.74, 6) is 1.86. The molecule has 0 bridgehead atoms. The summed E-state index contributed by atoms with van der Waals surface area (Å²) in [7, 11) is 1.68. The highest BCUT2D eigenvalue weighted by Gasteiger charge is 2.03. The molecular weight excluding hydrogens is 238 g/mol. The Morgan fingerprint density at radius 1 is 1.37 bits per heavy atom. The normalized spacial score (nSPS) is 10.9. The second kappa shape index (κ2) is 6.38. The second-order valence-electron chi connectivity index (χ2n) is 4.92. The summed E-state index contributed by atoms with van der Waals surface area (Å²) in [5, 5.41) is 3.37. The number of hydrogen-bond donors (Lipinski definition) is 2. The second-order valence-corrected chi connectivity index (χ2v) is 4.92. The molecule has 2 N–H and O–H groups in total. The molecule has 0 fully saturated rings. The van der Waals surface area contributed by atoms with Crippen molar-refractivity contribution in [2.75, 3.05) is 7.11 Å². The largest absolute Gasteiger partial charge is 0.497 e. The van der Waals surface area contributed by atoms with E-state index in [9.17, 15) is 0 Å². The van der Waals surface area contributed by atoms with E-state index in [0.717, 1.165) is 30.2 Å². The predicted molar refractivity (Wildman–Crippen MR) is 76.4 cm³/mol. The van der Waals surface area contributed by atoms with Crippen LogP contribution in [0.3, 0.4) is 0 Å². The van der Waals surface area contributed by atoms with Crippen LogP contribution >= 0.6 is 0 Å². The fourth-order valence-corrected chi connectivity index (χ4v) is 1.88. The SMILES string of the molecule is COc1cccc(Cc2ncc(CNC(C)C)[nH]2)c1. The first-order valence-corrected chi connectivity index (χ1v) is 6.56. The highest BCUT2D eigenvalue weighted by Crippen LogP contribution is 2.14. The van der Waals surface area contributed by atoms with Crippen LogP contribution in [0.4, 0.5) is 0 Å². The quantitative estimate of drug-likeness (QED) is 0.838. The predicted octanol–water partition coefficient (Wildman–Crippen LogP) is 2.51. The van der Waals surface area contributed by atoms with E-state index < -0.39 is 0 Å². The van der Waals surface area contributed by atoms with Gasteiger partial charge in [0, 0.05) is 30.9 Å². The number of hydrogen-bond acceptors (Lipinski definition) is 3. The molecular formula is C15H21N3O. The van der Waals surface area contributed by atoms with E-state index in [1.54, 1.807) is 7.11 Å². The van der Waals surface area contributed by atoms with Crippen molar-refractivity contribution in [2.45, 2.75) is 32.9 Å². The molecule has 1 heterocycles. The molecule has 0 amide bonds. The molecule has 4 nitrogen and oxygen atoms in total. The molecule has 0 spiro atoms. The van der Waals surface area contributed by atoms with Crippen molar-refractivity contribution >= 4 is 0 Å². The lowest BCUT2D eigenvalue weighted by Crippen LogP contribution is -2.21. The summed E-state index contributed by atoms with van der Waals surface area (Å²) in [5.41, 5.74) is 2.31. The summed E-state index contributed by atoms with van der Waals surface area (Å²) < 4.78 is 5.22. The number of aromatic amines is 1. The van der Waals surface area contributed by atoms with E-state index in [4.69, 9.17) is 4.74 Å². The van der Waals surface area contributed by atoms with Crippen LogP contribution in [0.1, 0.15) is 30.9 Å². The van der Waals surface area contributed by atoms with E-state index in [-0.39, 0.29) is 0 Å². The fourth-order valence-electron chi connectivity index (χ4n) is 1.88. The average molecular weight is 259 g/mol. The van der Waals surface area contributed by atoms with Crippen molar-refractivity contribution in [1.29, 1.82) is 0 Å². The number of aromatic nitrogens is 2. The van der Waals surface area contributed by atoms with E-state index >= 15 is 0 Å². The van der Waals surface area contributed by atoms with Crippen LogP contribution in [-0.2, 0) is 13.0 Å². The Morgan fingerprint density at radius 2 is 2.21 bits per heavy atom. The van der Waals surface area contributed by atoms with E-state index in [1.165, 1.54) is 5.56 Å². The first-order valence-electron chi connectivity index (χ1n) is 6.56. The van der Waals surface area contributed by atoms with Gasteiger partial charge in [-0.1, -0.05) is 26.0 Å². The van der Waals surface area contributed by atoms with Gasteiger partial charge in [-0.3, -0.25) is 0 Å². The Kier molecular flexibility index (Phi) is 4.58. The minimum absolute atomic E-state index is 0.477. The van der Waals surface area contributed by atoms with Crippen LogP contribution in [0.15, 0.2) is 30.5 Å². The smallest absolute Gasteiger partial charge is 0.119 e. The third-order valence-electron chi connectivity index (χ3n) is 2.89. The Balaban J connectivity index is 1.99. The highest BCUT2D eigenvalue weighted by atomic mass is 16.5. The number of nitrogens with zero attached hydrogens (tertiary/aromatic N) is 1. The Morgan fingerprint density at radius 3 is 2.95 bits per heavy atom. The van der Waals surface area contributed by atoms with Gasteiger partial charge in [-0.25, -0.2) is 4.98 Å². The van der Waals surface area contributed by atoms with E-state index in [2.05, 4.69) is 35.2 Å². The van der Waals surface area contributed by atoms with Gasteiger partial charge in [0.15, 0.2) is 0 Å². The van der Waals surface area contributed by atoms with Crippen molar-refractivity contribution in [3.63, 3.8) is 0 Å². The maximum atomic E-state index is 5.22. The summed E-state index contributed by atoms with van der Waals surface area (Å²) in [6, 6.07) is 8.54. The molecule has 4 heteroatoms. The maximum Gasteiger partial charge on any atom is 0.119 e. The van der Waals surface area contributed by atoms with Gasteiger partial charge < -0.3 is 15.0 Å². The van der Waals surface area contributed by atoms with E-state index in [1.807, 2.05) is 24.4 Å². The molecule has 0 radical (unpaired) electrons. The van der Waals surface area contributed by atoms with Crippen LogP contribution < -0.4 is 10.1 Å². The number of rotatable bonds is 6. The molecule has 0 atom stereocenters. The lowest BCUT2D eigenvalue weighted by molar-refractivity contribution is 0.414. The summed E-state index contributed by atoms with van der Waals surface area (Å²) in [6.45, 7) is 5.09. The molecule has 19 heavy (non-hydrogen) atoms. The third kappa shape index (κ3) is 4.10. The van der Waals surface area contributed by atoms with Crippen molar-refractivity contribution in [3.8, 4) is 5.75 Å². The van der Waals surface area contributed by atoms with Gasteiger partial charge in [0.05, 0.1) is 7.11 Å². The monoisotopic (exact) mass is 259 g/mol. The molecule has 2 aromatic rings. The molecule has 0 saturated heterocycles. The number of ether oxygens (including phenoxy) is 1. The average Bonchev–Trinajstić information content (AvgIpc) is 2.84. The van der Waals surface area contributed by atoms with Crippen LogP contribution in [0.25, 0.3) is 0 Å². The first-order chi connectivity index (χ1) is 9.17. The molecule has 0 aliphatic rings. The molecule has 0 aliphatic heterocycles. The van der Waals surface area contributed by atoms with Crippen molar-refractivity contribution in [1.82, 2.24) is 15.3 Å². The van der Waals surface area contributed by atoms with Gasteiger partial charge in [-0.15, -0.1) is 0 Å². The van der Waals surface area contributed by atoms with Gasteiger partial charge in [-0.2, -0.15) is 0 Å². The van der Waals surface area contributed by atoms with E-state index in [0.29, 0.717) is 6.04 Å². The number of methoxy groups -OCH3 is 1. The van der Waals surface area contributed by atoms with Gasteiger partial charge in [0.2, 0.25) is 0 Å². The lowest BCUT2D eigenvalue weighted by Gasteiger charge is -2.05. The highest BCUT2D eigenvalue weighted by molar-refractivity contribution is 5.30. The number of nitrogens with one attached hydrogen (secondary N) is 2. The van der Waals surface area contributed by atoms with Crippen molar-refractivity contribution < 1.29 is 4.74 Å². The molecule has 0 unspecified atom stereocenters. The molecule has 102 valence electrons. The molecule has 2 rings (SSSR count). The molecule has 1 aromatic heterocycles. The zero-order chi connectivity index (χ0) is 13.7. The summed E-state index contributed by atoms with van der Waals surface area (Å²) >= 11 is 0. The summed E-state index contributed by atoms with van der Waals surface area (Å²) in [4.78, 5) is 7.75. The number of benzene rings is 1. The first kappa shape index (κ1) is 13.6.